The average molecular weight is 404 g/mol. The minimum absolute atomic E-state index is 0.0436. The van der Waals surface area contributed by atoms with Crippen LogP contribution in [0, 0.1) is 0 Å². The van der Waals surface area contributed by atoms with Crippen LogP contribution in [0.3, 0.4) is 0 Å². The first-order chi connectivity index (χ1) is 14.2. The summed E-state index contributed by atoms with van der Waals surface area (Å²) in [5.41, 5.74) is 1.21. The number of carbonyl (C=O) groups is 2. The van der Waals surface area contributed by atoms with Gasteiger partial charge in [0.25, 0.3) is 0 Å². The molecule has 0 aliphatic rings. The van der Waals surface area contributed by atoms with Gasteiger partial charge in [-0.15, -0.1) is 0 Å². The van der Waals surface area contributed by atoms with Crippen molar-refractivity contribution in [3.63, 3.8) is 0 Å². The molecule has 3 rings (SSSR count). The number of hydrogen-bond donors (Lipinski definition) is 1. The van der Waals surface area contributed by atoms with E-state index in [4.69, 9.17) is 4.74 Å². The second-order valence-electron chi connectivity index (χ2n) is 8.67. The molecule has 0 heterocycles. The fourth-order valence-electron chi connectivity index (χ4n) is 3.48. The van der Waals surface area contributed by atoms with Gasteiger partial charge in [-0.05, 0) is 54.7 Å². The number of alkyl carbamates (subject to hydrolysis) is 1. The summed E-state index contributed by atoms with van der Waals surface area (Å²) in [6.45, 7) is 7.43. The van der Waals surface area contributed by atoms with Crippen LogP contribution in [0.25, 0.3) is 10.8 Å². The minimum Gasteiger partial charge on any atom is -0.444 e. The Kier molecular flexibility index (Phi) is 6.56. The Morgan fingerprint density at radius 1 is 0.867 bits per heavy atom. The number of hydrogen-bond acceptors (Lipinski definition) is 3. The second kappa shape index (κ2) is 9.12. The molecule has 3 aromatic carbocycles. The van der Waals surface area contributed by atoms with Crippen molar-refractivity contribution in [1.82, 2.24) is 5.32 Å². The Bertz CT molecular complexity index is 1020. The smallest absolute Gasteiger partial charge is 0.408 e. The van der Waals surface area contributed by atoms with E-state index < -0.39 is 17.7 Å². The standard InChI is InChI=1S/C26H29NO3/c1-18(19-10-6-5-7-11-19)16-23(28)24(27-25(29)30-26(2,3)4)22-15-14-20-12-8-9-13-21(20)17-22/h5-15,17-18,24H,16H2,1-4H3,(H,27,29). The Morgan fingerprint density at radius 3 is 2.17 bits per heavy atom. The van der Waals surface area contributed by atoms with Crippen molar-refractivity contribution < 1.29 is 14.3 Å². The highest BCUT2D eigenvalue weighted by atomic mass is 16.6. The van der Waals surface area contributed by atoms with Crippen molar-refractivity contribution >= 4 is 22.6 Å². The summed E-state index contributed by atoms with van der Waals surface area (Å²) < 4.78 is 5.41. The monoisotopic (exact) mass is 403 g/mol. The van der Waals surface area contributed by atoms with E-state index in [-0.39, 0.29) is 11.7 Å². The van der Waals surface area contributed by atoms with Crippen LogP contribution >= 0.6 is 0 Å². The van der Waals surface area contributed by atoms with Crippen LogP contribution in [0.15, 0.2) is 72.8 Å². The van der Waals surface area contributed by atoms with Crippen LogP contribution in [0.1, 0.15) is 57.2 Å². The van der Waals surface area contributed by atoms with Gasteiger partial charge < -0.3 is 10.1 Å². The number of fused-ring (bicyclic) bond motifs is 1. The van der Waals surface area contributed by atoms with Crippen LogP contribution in [0.5, 0.6) is 0 Å². The summed E-state index contributed by atoms with van der Waals surface area (Å²) in [5.74, 6) is -0.00501. The predicted molar refractivity (Wildman–Crippen MR) is 121 cm³/mol. The Hall–Kier alpha value is -3.14. The highest BCUT2D eigenvalue weighted by molar-refractivity contribution is 5.91. The molecule has 0 saturated heterocycles. The van der Waals surface area contributed by atoms with Crippen molar-refractivity contribution in [2.45, 2.75) is 51.7 Å². The zero-order chi connectivity index (χ0) is 21.7. The first kappa shape index (κ1) is 21.6. The molecule has 2 atom stereocenters. The van der Waals surface area contributed by atoms with Crippen LogP contribution in [-0.2, 0) is 9.53 Å². The number of rotatable bonds is 6. The molecule has 2 unspecified atom stereocenters. The minimum atomic E-state index is -0.768. The number of ether oxygens (including phenoxy) is 1. The zero-order valence-corrected chi connectivity index (χ0v) is 18.0. The molecule has 0 fully saturated rings. The van der Waals surface area contributed by atoms with Crippen LogP contribution in [0.4, 0.5) is 4.79 Å². The van der Waals surface area contributed by atoms with Crippen molar-refractivity contribution in [2.75, 3.05) is 0 Å². The van der Waals surface area contributed by atoms with Gasteiger partial charge >= 0.3 is 6.09 Å². The summed E-state index contributed by atoms with van der Waals surface area (Å²) in [6.07, 6.45) is -0.279. The molecule has 0 saturated carbocycles. The average Bonchev–Trinajstić information content (AvgIpc) is 2.71. The zero-order valence-electron chi connectivity index (χ0n) is 18.0. The molecule has 0 aliphatic carbocycles. The molecule has 30 heavy (non-hydrogen) atoms. The van der Waals surface area contributed by atoms with Crippen molar-refractivity contribution in [3.8, 4) is 0 Å². The van der Waals surface area contributed by atoms with Gasteiger partial charge in [0, 0.05) is 6.42 Å². The van der Waals surface area contributed by atoms with Crippen molar-refractivity contribution in [3.05, 3.63) is 83.9 Å². The van der Waals surface area contributed by atoms with Gasteiger partial charge in [0.1, 0.15) is 11.6 Å². The van der Waals surface area contributed by atoms with Crippen molar-refractivity contribution in [1.29, 1.82) is 0 Å². The van der Waals surface area contributed by atoms with E-state index in [2.05, 4.69) is 5.32 Å². The fraction of sp³-hybridized carbons (Fsp3) is 0.308. The molecule has 0 aromatic heterocycles. The van der Waals surface area contributed by atoms with Gasteiger partial charge in [-0.3, -0.25) is 4.79 Å². The molecule has 4 heteroatoms. The molecule has 0 radical (unpaired) electrons. The summed E-state index contributed by atoms with van der Waals surface area (Å²) >= 11 is 0. The summed E-state index contributed by atoms with van der Waals surface area (Å²) in [6, 6.07) is 23.0. The lowest BCUT2D eigenvalue weighted by Gasteiger charge is -2.24. The number of amides is 1. The Labute approximate surface area is 178 Å². The Balaban J connectivity index is 1.87. The highest BCUT2D eigenvalue weighted by Crippen LogP contribution is 2.26. The maximum absolute atomic E-state index is 13.3. The molecule has 0 spiro atoms. The number of benzene rings is 3. The van der Waals surface area contributed by atoms with Gasteiger partial charge in [-0.25, -0.2) is 4.79 Å². The van der Waals surface area contributed by atoms with E-state index in [0.717, 1.165) is 21.9 Å². The van der Waals surface area contributed by atoms with E-state index in [1.807, 2.05) is 79.7 Å². The van der Waals surface area contributed by atoms with Crippen LogP contribution in [0.2, 0.25) is 0 Å². The van der Waals surface area contributed by atoms with Crippen LogP contribution < -0.4 is 5.32 Å². The topological polar surface area (TPSA) is 55.4 Å². The molecule has 0 bridgehead atoms. The van der Waals surface area contributed by atoms with Gasteiger partial charge in [-0.1, -0.05) is 73.7 Å². The van der Waals surface area contributed by atoms with E-state index in [1.54, 1.807) is 20.8 Å². The fourth-order valence-corrected chi connectivity index (χ4v) is 3.48. The van der Waals surface area contributed by atoms with E-state index >= 15 is 0 Å². The van der Waals surface area contributed by atoms with Gasteiger partial charge in [0.2, 0.25) is 0 Å². The van der Waals surface area contributed by atoms with Gasteiger partial charge in [-0.2, -0.15) is 0 Å². The Morgan fingerprint density at radius 2 is 1.50 bits per heavy atom. The molecule has 3 aromatic rings. The largest absolute Gasteiger partial charge is 0.444 e. The highest BCUT2D eigenvalue weighted by Gasteiger charge is 2.27. The maximum atomic E-state index is 13.3. The molecule has 1 N–H and O–H groups in total. The summed E-state index contributed by atoms with van der Waals surface area (Å²) in [7, 11) is 0. The number of carbonyl (C=O) groups excluding carboxylic acids is 2. The van der Waals surface area contributed by atoms with Crippen LogP contribution in [-0.4, -0.2) is 17.5 Å². The molecular formula is C26H29NO3. The van der Waals surface area contributed by atoms with E-state index in [0.29, 0.717) is 6.42 Å². The molecule has 156 valence electrons. The van der Waals surface area contributed by atoms with Crippen molar-refractivity contribution in [2.24, 2.45) is 0 Å². The second-order valence-corrected chi connectivity index (χ2v) is 8.67. The summed E-state index contributed by atoms with van der Waals surface area (Å²) in [5, 5.41) is 4.91. The van der Waals surface area contributed by atoms with E-state index in [9.17, 15) is 9.59 Å². The maximum Gasteiger partial charge on any atom is 0.408 e. The number of nitrogens with one attached hydrogen (secondary N) is 1. The number of Topliss-reactive ketones (excluding diaryl/α,β-unsaturated/α-hetero) is 1. The van der Waals surface area contributed by atoms with Gasteiger partial charge in [0.15, 0.2) is 5.78 Å². The summed E-state index contributed by atoms with van der Waals surface area (Å²) in [4.78, 5) is 25.8. The third-order valence-corrected chi connectivity index (χ3v) is 4.97. The predicted octanol–water partition coefficient (Wildman–Crippen LogP) is 6.17. The SMILES string of the molecule is CC(CC(=O)C(NC(=O)OC(C)(C)C)c1ccc2ccccc2c1)c1ccccc1. The molecule has 1 amide bonds. The first-order valence-electron chi connectivity index (χ1n) is 10.3. The lowest BCUT2D eigenvalue weighted by molar-refractivity contribution is -0.121. The number of ketones is 1. The lowest BCUT2D eigenvalue weighted by Crippen LogP contribution is -2.38. The van der Waals surface area contributed by atoms with E-state index in [1.165, 1.54) is 0 Å². The lowest BCUT2D eigenvalue weighted by atomic mass is 9.90. The quantitative estimate of drug-likeness (QED) is 0.535. The first-order valence-corrected chi connectivity index (χ1v) is 10.3. The molecule has 0 aliphatic heterocycles. The molecular weight excluding hydrogens is 374 g/mol. The van der Waals surface area contributed by atoms with Gasteiger partial charge in [0.05, 0.1) is 0 Å². The third kappa shape index (κ3) is 5.69. The molecule has 4 nitrogen and oxygen atoms in total. The normalized spacial score (nSPS) is 13.5. The third-order valence-electron chi connectivity index (χ3n) is 4.97.